The second kappa shape index (κ2) is 14.7. The number of benzene rings is 8. The predicted molar refractivity (Wildman–Crippen MR) is 254 cm³/mol. The minimum absolute atomic E-state index is 0.671. The number of nitrogens with zero attached hydrogens (tertiary/aromatic N) is 4. The molecule has 0 radical (unpaired) electrons. The number of rotatable bonds is 7. The molecule has 5 heteroatoms. The Kier molecular flexibility index (Phi) is 8.42. The summed E-state index contributed by atoms with van der Waals surface area (Å²) in [7, 11) is 0. The van der Waals surface area contributed by atoms with Crippen LogP contribution in [0.4, 0.5) is 0 Å². The lowest BCUT2D eigenvalue weighted by molar-refractivity contribution is 0.669. The van der Waals surface area contributed by atoms with Crippen molar-refractivity contribution in [3.63, 3.8) is 0 Å². The Morgan fingerprint density at radius 1 is 0.339 bits per heavy atom. The van der Waals surface area contributed by atoms with E-state index in [2.05, 4.69) is 180 Å². The fourth-order valence-corrected chi connectivity index (χ4v) is 8.95. The number of hydrogen-bond donors (Lipinski definition) is 0. The van der Waals surface area contributed by atoms with Crippen molar-refractivity contribution >= 4 is 38.2 Å². The summed E-state index contributed by atoms with van der Waals surface area (Å²) >= 11 is 0. The van der Waals surface area contributed by atoms with Crippen LogP contribution < -0.4 is 0 Å². The van der Waals surface area contributed by atoms with Crippen molar-refractivity contribution in [1.29, 1.82) is 0 Å². The third kappa shape index (κ3) is 5.98. The van der Waals surface area contributed by atoms with E-state index in [0.29, 0.717) is 5.82 Å². The van der Waals surface area contributed by atoms with Gasteiger partial charge >= 0.3 is 0 Å². The minimum Gasteiger partial charge on any atom is -0.456 e. The molecule has 0 amide bonds. The van der Waals surface area contributed by atoms with Gasteiger partial charge in [-0.2, -0.15) is 5.10 Å². The zero-order valence-electron chi connectivity index (χ0n) is 33.5. The van der Waals surface area contributed by atoms with Crippen LogP contribution in [0.2, 0.25) is 0 Å². The monoisotopic (exact) mass is 792 g/mol. The zero-order chi connectivity index (χ0) is 41.0. The summed E-state index contributed by atoms with van der Waals surface area (Å²) in [5.41, 5.74) is 16.0. The second-order valence-corrected chi connectivity index (χ2v) is 15.6. The third-order valence-electron chi connectivity index (χ3n) is 11.8. The fourth-order valence-electron chi connectivity index (χ4n) is 8.95. The highest BCUT2D eigenvalue weighted by atomic mass is 16.3. The maximum atomic E-state index is 6.17. The summed E-state index contributed by atoms with van der Waals surface area (Å²) < 4.78 is 8.36. The molecule has 0 bridgehead atoms. The van der Waals surface area contributed by atoms with Gasteiger partial charge in [0.05, 0.1) is 22.6 Å². The first-order valence-corrected chi connectivity index (χ1v) is 20.9. The standard InChI is InChI=1S/C57H36N4O/c1-5-17-38(18-6-1)53-54(40-19-7-2-8-20-40)60-61-55(41-21-9-3-10-22-41)52(45-26-13-14-27-46(45)56(53)61)39-31-29-37(30-32-39)48-36-49(59-57(58-48)42-23-11-4-12-24-42)43-33-34-51-47(35-43)44-25-15-16-28-50(44)62-51/h1-36H. The van der Waals surface area contributed by atoms with Gasteiger partial charge in [0.25, 0.3) is 0 Å². The maximum absolute atomic E-state index is 6.17. The Morgan fingerprint density at radius 2 is 0.839 bits per heavy atom. The van der Waals surface area contributed by atoms with Crippen molar-refractivity contribution < 1.29 is 4.42 Å². The molecule has 8 aromatic carbocycles. The number of hydrogen-bond acceptors (Lipinski definition) is 4. The SMILES string of the molecule is c1ccc(-c2nc(-c3ccc(-c4c(-c5ccccc5)n5nc(-c6ccccc6)c(-c6ccccc6)c5c5ccccc45)cc3)cc(-c3ccc4oc5ccccc5c4c3)n2)cc1. The number of fused-ring (bicyclic) bond motifs is 6. The molecule has 0 aliphatic carbocycles. The molecule has 4 aromatic heterocycles. The van der Waals surface area contributed by atoms with E-state index >= 15 is 0 Å². The van der Waals surface area contributed by atoms with E-state index in [0.717, 1.165) is 111 Å². The van der Waals surface area contributed by atoms with Gasteiger partial charge in [-0.1, -0.05) is 188 Å². The summed E-state index contributed by atoms with van der Waals surface area (Å²) in [6.45, 7) is 0. The van der Waals surface area contributed by atoms with Crippen LogP contribution in [0.15, 0.2) is 223 Å². The van der Waals surface area contributed by atoms with Crippen LogP contribution in [0.3, 0.4) is 0 Å². The van der Waals surface area contributed by atoms with Crippen molar-refractivity contribution in [3.8, 4) is 78.7 Å². The summed E-state index contributed by atoms with van der Waals surface area (Å²) in [6.07, 6.45) is 0. The number of para-hydroxylation sites is 1. The van der Waals surface area contributed by atoms with Crippen LogP contribution in [0.1, 0.15) is 0 Å². The van der Waals surface area contributed by atoms with Crippen LogP contribution >= 0.6 is 0 Å². The minimum atomic E-state index is 0.671. The van der Waals surface area contributed by atoms with Crippen molar-refractivity contribution in [2.45, 2.75) is 0 Å². The van der Waals surface area contributed by atoms with Crippen molar-refractivity contribution in [2.24, 2.45) is 0 Å². The summed E-state index contributed by atoms with van der Waals surface area (Å²) in [5, 5.41) is 9.97. The normalized spacial score (nSPS) is 11.5. The van der Waals surface area contributed by atoms with E-state index in [1.54, 1.807) is 0 Å². The largest absolute Gasteiger partial charge is 0.456 e. The molecule has 0 aliphatic rings. The molecule has 290 valence electrons. The molecule has 0 unspecified atom stereocenters. The highest BCUT2D eigenvalue weighted by molar-refractivity contribution is 6.15. The highest BCUT2D eigenvalue weighted by Gasteiger charge is 2.25. The molecule has 0 N–H and O–H groups in total. The van der Waals surface area contributed by atoms with Crippen LogP contribution in [-0.4, -0.2) is 19.6 Å². The Balaban J connectivity index is 1.07. The Bertz CT molecular complexity index is 3600. The molecule has 0 saturated heterocycles. The van der Waals surface area contributed by atoms with Gasteiger partial charge in [-0.3, -0.25) is 0 Å². The first-order chi connectivity index (χ1) is 30.7. The molecule has 12 aromatic rings. The second-order valence-electron chi connectivity index (χ2n) is 15.6. The molecular formula is C57H36N4O. The molecule has 62 heavy (non-hydrogen) atoms. The third-order valence-corrected chi connectivity index (χ3v) is 11.8. The topological polar surface area (TPSA) is 56.2 Å². The summed E-state index contributed by atoms with van der Waals surface area (Å²) in [5.74, 6) is 0.671. The summed E-state index contributed by atoms with van der Waals surface area (Å²) in [4.78, 5) is 10.3. The fraction of sp³-hybridized carbons (Fsp3) is 0. The average molecular weight is 793 g/mol. The molecule has 4 heterocycles. The molecule has 5 nitrogen and oxygen atoms in total. The lowest BCUT2D eigenvalue weighted by Crippen LogP contribution is -2.00. The van der Waals surface area contributed by atoms with Crippen LogP contribution in [0.25, 0.3) is 117 Å². The van der Waals surface area contributed by atoms with Gasteiger partial charge in [0.1, 0.15) is 16.9 Å². The van der Waals surface area contributed by atoms with E-state index in [9.17, 15) is 0 Å². The zero-order valence-corrected chi connectivity index (χ0v) is 33.5. The van der Waals surface area contributed by atoms with E-state index < -0.39 is 0 Å². The number of furan rings is 1. The lowest BCUT2D eigenvalue weighted by Gasteiger charge is -2.18. The Labute approximate surface area is 357 Å². The van der Waals surface area contributed by atoms with E-state index in [4.69, 9.17) is 19.5 Å². The van der Waals surface area contributed by atoms with Crippen LogP contribution in [0.5, 0.6) is 0 Å². The van der Waals surface area contributed by atoms with E-state index in [1.165, 1.54) is 0 Å². The number of aromatic nitrogens is 4. The van der Waals surface area contributed by atoms with Crippen molar-refractivity contribution in [3.05, 3.63) is 218 Å². The first-order valence-electron chi connectivity index (χ1n) is 20.9. The van der Waals surface area contributed by atoms with Gasteiger partial charge < -0.3 is 4.42 Å². The van der Waals surface area contributed by atoms with E-state index in [-0.39, 0.29) is 0 Å². The molecule has 0 fully saturated rings. The van der Waals surface area contributed by atoms with Crippen molar-refractivity contribution in [1.82, 2.24) is 19.6 Å². The predicted octanol–water partition coefficient (Wildman–Crippen LogP) is 14.8. The molecule has 12 rings (SSSR count). The van der Waals surface area contributed by atoms with Crippen LogP contribution in [0, 0.1) is 0 Å². The molecule has 0 atom stereocenters. The Morgan fingerprint density at radius 3 is 1.53 bits per heavy atom. The van der Waals surface area contributed by atoms with Gasteiger partial charge in [-0.05, 0) is 46.8 Å². The van der Waals surface area contributed by atoms with Gasteiger partial charge in [0.2, 0.25) is 0 Å². The molecule has 0 saturated carbocycles. The lowest BCUT2D eigenvalue weighted by atomic mass is 9.91. The Hall–Kier alpha value is -8.41. The summed E-state index contributed by atoms with van der Waals surface area (Å²) in [6, 6.07) is 76.2. The molecule has 0 aliphatic heterocycles. The number of pyridine rings is 1. The van der Waals surface area contributed by atoms with Gasteiger partial charge in [-0.15, -0.1) is 0 Å². The van der Waals surface area contributed by atoms with Gasteiger partial charge in [0, 0.05) is 55.1 Å². The first kappa shape index (κ1) is 35.5. The van der Waals surface area contributed by atoms with Crippen LogP contribution in [-0.2, 0) is 0 Å². The molecule has 0 spiro atoms. The smallest absolute Gasteiger partial charge is 0.160 e. The maximum Gasteiger partial charge on any atom is 0.160 e. The highest BCUT2D eigenvalue weighted by Crippen LogP contribution is 2.46. The molecular weight excluding hydrogens is 757 g/mol. The van der Waals surface area contributed by atoms with Gasteiger partial charge in [-0.25, -0.2) is 14.5 Å². The van der Waals surface area contributed by atoms with Crippen molar-refractivity contribution in [2.75, 3.05) is 0 Å². The van der Waals surface area contributed by atoms with E-state index in [1.807, 2.05) is 42.5 Å². The quantitative estimate of drug-likeness (QED) is 0.161. The van der Waals surface area contributed by atoms with Gasteiger partial charge in [0.15, 0.2) is 5.82 Å². The average Bonchev–Trinajstić information content (AvgIpc) is 3.94.